The zero-order valence-corrected chi connectivity index (χ0v) is 14.2. The fourth-order valence-corrected chi connectivity index (χ4v) is 3.85. The Bertz CT molecular complexity index is 851. The Balaban J connectivity index is 1.86. The molecule has 0 atom stereocenters. The number of carbonyl (C=O) groups is 1. The molecule has 24 heavy (non-hydrogen) atoms. The van der Waals surface area contributed by atoms with Gasteiger partial charge in [-0.05, 0) is 48.2 Å². The SMILES string of the molecule is CC(=O)N1CCCc2ccc(S(=O)(=O)NCc3ccncc3)cc21. The van der Waals surface area contributed by atoms with Gasteiger partial charge in [0.2, 0.25) is 15.9 Å². The van der Waals surface area contributed by atoms with Crippen LogP contribution in [0.5, 0.6) is 0 Å². The van der Waals surface area contributed by atoms with Gasteiger partial charge in [0.25, 0.3) is 0 Å². The monoisotopic (exact) mass is 345 g/mol. The fourth-order valence-electron chi connectivity index (χ4n) is 2.81. The lowest BCUT2D eigenvalue weighted by molar-refractivity contribution is -0.116. The fraction of sp³-hybridized carbons (Fsp3) is 0.294. The van der Waals surface area contributed by atoms with E-state index in [4.69, 9.17) is 0 Å². The molecule has 1 N–H and O–H groups in total. The number of pyridine rings is 1. The van der Waals surface area contributed by atoms with E-state index in [-0.39, 0.29) is 17.3 Å². The summed E-state index contributed by atoms with van der Waals surface area (Å²) >= 11 is 0. The molecule has 1 amide bonds. The molecule has 3 rings (SSSR count). The number of nitrogens with zero attached hydrogens (tertiary/aromatic N) is 2. The van der Waals surface area contributed by atoms with Gasteiger partial charge in [-0.1, -0.05) is 6.07 Å². The maximum atomic E-state index is 12.5. The van der Waals surface area contributed by atoms with Gasteiger partial charge in [0.05, 0.1) is 4.90 Å². The first-order chi connectivity index (χ1) is 11.5. The van der Waals surface area contributed by atoms with E-state index in [1.54, 1.807) is 47.6 Å². The third kappa shape index (κ3) is 3.47. The molecule has 0 saturated heterocycles. The highest BCUT2D eigenvalue weighted by atomic mass is 32.2. The van der Waals surface area contributed by atoms with Crippen LogP contribution in [-0.2, 0) is 27.8 Å². The molecule has 2 heterocycles. The van der Waals surface area contributed by atoms with Crippen molar-refractivity contribution in [3.8, 4) is 0 Å². The normalized spacial score (nSPS) is 14.3. The molecule has 2 aromatic rings. The second kappa shape index (κ2) is 6.70. The van der Waals surface area contributed by atoms with Gasteiger partial charge in [0.15, 0.2) is 0 Å². The molecule has 0 spiro atoms. The number of hydrogen-bond acceptors (Lipinski definition) is 4. The second-order valence-electron chi connectivity index (χ2n) is 5.74. The lowest BCUT2D eigenvalue weighted by atomic mass is 10.0. The number of nitrogens with one attached hydrogen (secondary N) is 1. The molecule has 0 fully saturated rings. The van der Waals surface area contributed by atoms with Crippen molar-refractivity contribution in [2.75, 3.05) is 11.4 Å². The number of benzene rings is 1. The van der Waals surface area contributed by atoms with Gasteiger partial charge in [-0.15, -0.1) is 0 Å². The smallest absolute Gasteiger partial charge is 0.240 e. The molecular formula is C17H19N3O3S. The first kappa shape index (κ1) is 16.6. The molecular weight excluding hydrogens is 326 g/mol. The molecule has 126 valence electrons. The molecule has 1 aliphatic heterocycles. The Hall–Kier alpha value is -2.25. The zero-order chi connectivity index (χ0) is 17.2. The van der Waals surface area contributed by atoms with Gasteiger partial charge in [-0.3, -0.25) is 9.78 Å². The summed E-state index contributed by atoms with van der Waals surface area (Å²) in [7, 11) is -3.65. The first-order valence-electron chi connectivity index (χ1n) is 7.77. The van der Waals surface area contributed by atoms with Crippen LogP contribution in [0.3, 0.4) is 0 Å². The van der Waals surface area contributed by atoms with Crippen LogP contribution in [0.1, 0.15) is 24.5 Å². The van der Waals surface area contributed by atoms with Crippen LogP contribution in [0.15, 0.2) is 47.6 Å². The van der Waals surface area contributed by atoms with Crippen molar-refractivity contribution < 1.29 is 13.2 Å². The summed E-state index contributed by atoms with van der Waals surface area (Å²) in [5, 5.41) is 0. The van der Waals surface area contributed by atoms with Crippen molar-refractivity contribution in [3.63, 3.8) is 0 Å². The largest absolute Gasteiger partial charge is 0.312 e. The molecule has 0 radical (unpaired) electrons. The quantitative estimate of drug-likeness (QED) is 0.917. The Labute approximate surface area is 141 Å². The first-order valence-corrected chi connectivity index (χ1v) is 9.25. The number of carbonyl (C=O) groups excluding carboxylic acids is 1. The minimum atomic E-state index is -3.65. The molecule has 7 heteroatoms. The highest BCUT2D eigenvalue weighted by Crippen LogP contribution is 2.29. The van der Waals surface area contributed by atoms with E-state index in [9.17, 15) is 13.2 Å². The minimum absolute atomic E-state index is 0.0738. The standard InChI is InChI=1S/C17H19N3O3S/c1-13(21)20-10-2-3-15-4-5-16(11-17(15)20)24(22,23)19-12-14-6-8-18-9-7-14/h4-9,11,19H,2-3,10,12H2,1H3. The lowest BCUT2D eigenvalue weighted by Gasteiger charge is -2.29. The highest BCUT2D eigenvalue weighted by Gasteiger charge is 2.23. The van der Waals surface area contributed by atoms with E-state index in [2.05, 4.69) is 9.71 Å². The van der Waals surface area contributed by atoms with E-state index < -0.39 is 10.0 Å². The predicted octanol–water partition coefficient (Wildman–Crippen LogP) is 1.86. The van der Waals surface area contributed by atoms with Gasteiger partial charge in [-0.2, -0.15) is 0 Å². The van der Waals surface area contributed by atoms with Gasteiger partial charge in [-0.25, -0.2) is 13.1 Å². The molecule has 6 nitrogen and oxygen atoms in total. The molecule has 0 unspecified atom stereocenters. The number of fused-ring (bicyclic) bond motifs is 1. The van der Waals surface area contributed by atoms with Crippen LogP contribution in [-0.4, -0.2) is 25.9 Å². The molecule has 1 aromatic heterocycles. The van der Waals surface area contributed by atoms with Gasteiger partial charge < -0.3 is 4.90 Å². The van der Waals surface area contributed by atoms with Crippen molar-refractivity contribution in [2.24, 2.45) is 0 Å². The van der Waals surface area contributed by atoms with Crippen molar-refractivity contribution >= 4 is 21.6 Å². The summed E-state index contributed by atoms with van der Waals surface area (Å²) in [6.45, 7) is 2.31. The van der Waals surface area contributed by atoms with Gasteiger partial charge >= 0.3 is 0 Å². The number of aryl methyl sites for hydroxylation is 1. The molecule has 0 saturated carbocycles. The molecule has 0 aliphatic carbocycles. The van der Waals surface area contributed by atoms with Crippen LogP contribution in [0, 0.1) is 0 Å². The second-order valence-corrected chi connectivity index (χ2v) is 7.51. The zero-order valence-electron chi connectivity index (χ0n) is 13.4. The predicted molar refractivity (Wildman–Crippen MR) is 91.1 cm³/mol. The van der Waals surface area contributed by atoms with Crippen molar-refractivity contribution in [3.05, 3.63) is 53.9 Å². The third-order valence-electron chi connectivity index (χ3n) is 4.08. The number of anilines is 1. The third-order valence-corrected chi connectivity index (χ3v) is 5.48. The van der Waals surface area contributed by atoms with E-state index in [1.165, 1.54) is 6.92 Å². The lowest BCUT2D eigenvalue weighted by Crippen LogP contribution is -2.34. The summed E-state index contributed by atoms with van der Waals surface area (Å²) in [6, 6.07) is 8.49. The summed E-state index contributed by atoms with van der Waals surface area (Å²) in [5.74, 6) is -0.0738. The van der Waals surface area contributed by atoms with Gasteiger partial charge in [0.1, 0.15) is 0 Å². The van der Waals surface area contributed by atoms with Crippen molar-refractivity contribution in [2.45, 2.75) is 31.2 Å². The Kier molecular flexibility index (Phi) is 4.64. The maximum absolute atomic E-state index is 12.5. The van der Waals surface area contributed by atoms with Crippen LogP contribution >= 0.6 is 0 Å². The summed E-state index contributed by atoms with van der Waals surface area (Å²) in [6.07, 6.45) is 4.98. The topological polar surface area (TPSA) is 79.4 Å². The number of sulfonamides is 1. The molecule has 0 bridgehead atoms. The van der Waals surface area contributed by atoms with E-state index in [1.807, 2.05) is 0 Å². The van der Waals surface area contributed by atoms with Crippen LogP contribution in [0.2, 0.25) is 0 Å². The Morgan fingerprint density at radius 2 is 2.00 bits per heavy atom. The summed E-state index contributed by atoms with van der Waals surface area (Å²) in [5.41, 5.74) is 2.53. The average molecular weight is 345 g/mol. The van der Waals surface area contributed by atoms with E-state index in [0.717, 1.165) is 24.0 Å². The maximum Gasteiger partial charge on any atom is 0.240 e. The Morgan fingerprint density at radius 3 is 2.71 bits per heavy atom. The van der Waals surface area contributed by atoms with Crippen LogP contribution < -0.4 is 9.62 Å². The van der Waals surface area contributed by atoms with E-state index in [0.29, 0.717) is 12.2 Å². The number of amides is 1. The van der Waals surface area contributed by atoms with Crippen molar-refractivity contribution in [1.82, 2.24) is 9.71 Å². The number of rotatable bonds is 4. The van der Waals surface area contributed by atoms with Crippen molar-refractivity contribution in [1.29, 1.82) is 0 Å². The minimum Gasteiger partial charge on any atom is -0.312 e. The molecule has 1 aliphatic rings. The Morgan fingerprint density at radius 1 is 1.25 bits per heavy atom. The molecule has 1 aromatic carbocycles. The average Bonchev–Trinajstić information content (AvgIpc) is 2.60. The van der Waals surface area contributed by atoms with Crippen LogP contribution in [0.4, 0.5) is 5.69 Å². The summed E-state index contributed by atoms with van der Waals surface area (Å²) < 4.78 is 27.7. The highest BCUT2D eigenvalue weighted by molar-refractivity contribution is 7.89. The summed E-state index contributed by atoms with van der Waals surface area (Å²) in [4.78, 5) is 17.5. The number of aromatic nitrogens is 1. The van der Waals surface area contributed by atoms with Gasteiger partial charge in [0, 0.05) is 38.1 Å². The number of hydrogen-bond donors (Lipinski definition) is 1. The van der Waals surface area contributed by atoms with Crippen LogP contribution in [0.25, 0.3) is 0 Å². The van der Waals surface area contributed by atoms with E-state index >= 15 is 0 Å².